The van der Waals surface area contributed by atoms with E-state index in [9.17, 15) is 0 Å². The third-order valence-corrected chi connectivity index (χ3v) is 3.34. The number of nitrogens with zero attached hydrogens (tertiary/aromatic N) is 3. The lowest BCUT2D eigenvalue weighted by atomic mass is 10.1. The first-order valence-electron chi connectivity index (χ1n) is 6.05. The number of hydrogen-bond donors (Lipinski definition) is 1. The van der Waals surface area contributed by atoms with Crippen molar-refractivity contribution in [1.29, 1.82) is 0 Å². The van der Waals surface area contributed by atoms with Crippen LogP contribution in [0.2, 0.25) is 5.02 Å². The Hall–Kier alpha value is -2.27. The number of hydrogen-bond acceptors (Lipinski definition) is 4. The number of fused-ring (bicyclic) bond motifs is 1. The molecular weight excluding hydrogens is 276 g/mol. The smallest absolute Gasteiger partial charge is 0.240 e. The van der Waals surface area contributed by atoms with Crippen molar-refractivity contribution in [3.8, 4) is 16.9 Å². The normalized spacial score (nSPS) is 10.9. The number of anilines is 1. The molecule has 0 saturated carbocycles. The Morgan fingerprint density at radius 3 is 2.85 bits per heavy atom. The summed E-state index contributed by atoms with van der Waals surface area (Å²) in [7, 11) is 1.63. The molecule has 0 unspecified atom stereocenters. The van der Waals surface area contributed by atoms with Crippen LogP contribution in [0.25, 0.3) is 16.8 Å². The summed E-state index contributed by atoms with van der Waals surface area (Å²) < 4.78 is 7.05. The molecule has 0 spiro atoms. The number of pyridine rings is 1. The SMILES string of the molecule is COc1ccc(Cl)cc1-c1cc(C)c2nc(N)nn2c1. The Kier molecular flexibility index (Phi) is 2.99. The molecule has 5 nitrogen and oxygen atoms in total. The van der Waals surface area contributed by atoms with Gasteiger partial charge in [0, 0.05) is 22.3 Å². The van der Waals surface area contributed by atoms with Gasteiger partial charge in [-0.05, 0) is 36.8 Å². The summed E-state index contributed by atoms with van der Waals surface area (Å²) >= 11 is 6.08. The van der Waals surface area contributed by atoms with Crippen LogP contribution in [0.3, 0.4) is 0 Å². The highest BCUT2D eigenvalue weighted by atomic mass is 35.5. The maximum absolute atomic E-state index is 6.08. The molecule has 0 amide bonds. The number of nitrogen functional groups attached to an aromatic ring is 1. The van der Waals surface area contributed by atoms with Crippen molar-refractivity contribution in [2.45, 2.75) is 6.92 Å². The second-order valence-corrected chi connectivity index (χ2v) is 4.93. The van der Waals surface area contributed by atoms with Gasteiger partial charge in [0.15, 0.2) is 5.65 Å². The highest BCUT2D eigenvalue weighted by Gasteiger charge is 2.11. The molecule has 3 aromatic rings. The summed E-state index contributed by atoms with van der Waals surface area (Å²) in [4.78, 5) is 4.18. The minimum Gasteiger partial charge on any atom is -0.496 e. The molecule has 0 atom stereocenters. The number of halogens is 1. The number of benzene rings is 1. The van der Waals surface area contributed by atoms with Gasteiger partial charge >= 0.3 is 0 Å². The van der Waals surface area contributed by atoms with E-state index in [0.29, 0.717) is 5.02 Å². The van der Waals surface area contributed by atoms with Gasteiger partial charge in [-0.15, -0.1) is 5.10 Å². The van der Waals surface area contributed by atoms with Crippen LogP contribution in [0.4, 0.5) is 5.95 Å². The molecule has 0 aliphatic heterocycles. The van der Waals surface area contributed by atoms with Gasteiger partial charge in [-0.3, -0.25) is 0 Å². The van der Waals surface area contributed by atoms with Crippen LogP contribution in [0.5, 0.6) is 5.75 Å². The fourth-order valence-electron chi connectivity index (χ4n) is 2.22. The summed E-state index contributed by atoms with van der Waals surface area (Å²) in [5.74, 6) is 1.00. The van der Waals surface area contributed by atoms with E-state index in [-0.39, 0.29) is 5.95 Å². The molecule has 0 aliphatic carbocycles. The number of rotatable bonds is 2. The predicted molar refractivity (Wildman–Crippen MR) is 79.1 cm³/mol. The second kappa shape index (κ2) is 4.68. The van der Waals surface area contributed by atoms with Gasteiger partial charge in [-0.2, -0.15) is 4.98 Å². The molecular formula is C14H13ClN4O. The van der Waals surface area contributed by atoms with E-state index in [1.807, 2.05) is 31.3 Å². The van der Waals surface area contributed by atoms with Gasteiger partial charge < -0.3 is 10.5 Å². The van der Waals surface area contributed by atoms with E-state index in [1.54, 1.807) is 17.7 Å². The number of aryl methyl sites for hydroxylation is 1. The lowest BCUT2D eigenvalue weighted by Gasteiger charge is -2.10. The molecule has 0 fully saturated rings. The lowest BCUT2D eigenvalue weighted by Crippen LogP contribution is -1.94. The molecule has 0 saturated heterocycles. The zero-order valence-corrected chi connectivity index (χ0v) is 11.8. The molecule has 2 aromatic heterocycles. The summed E-state index contributed by atoms with van der Waals surface area (Å²) in [5, 5.41) is 4.80. The highest BCUT2D eigenvalue weighted by molar-refractivity contribution is 6.31. The van der Waals surface area contributed by atoms with Crippen molar-refractivity contribution < 1.29 is 4.74 Å². The van der Waals surface area contributed by atoms with Gasteiger partial charge in [0.2, 0.25) is 5.95 Å². The van der Waals surface area contributed by atoms with Gasteiger partial charge in [-0.1, -0.05) is 11.6 Å². The number of methoxy groups -OCH3 is 1. The minimum atomic E-state index is 0.253. The van der Waals surface area contributed by atoms with E-state index in [2.05, 4.69) is 10.1 Å². The Labute approximate surface area is 121 Å². The molecule has 0 bridgehead atoms. The largest absolute Gasteiger partial charge is 0.496 e. The average molecular weight is 289 g/mol. The van der Waals surface area contributed by atoms with Crippen LogP contribution >= 0.6 is 11.6 Å². The number of nitrogens with two attached hydrogens (primary N) is 1. The van der Waals surface area contributed by atoms with Gasteiger partial charge in [-0.25, -0.2) is 4.52 Å². The molecule has 2 heterocycles. The Morgan fingerprint density at radius 1 is 1.30 bits per heavy atom. The van der Waals surface area contributed by atoms with Crippen molar-refractivity contribution in [2.75, 3.05) is 12.8 Å². The Bertz CT molecular complexity index is 797. The summed E-state index contributed by atoms with van der Waals surface area (Å²) in [6.07, 6.45) is 1.86. The van der Waals surface area contributed by atoms with E-state index in [4.69, 9.17) is 22.1 Å². The quantitative estimate of drug-likeness (QED) is 0.787. The Balaban J connectivity index is 2.26. The van der Waals surface area contributed by atoms with Crippen LogP contribution in [0, 0.1) is 6.92 Å². The van der Waals surface area contributed by atoms with Gasteiger partial charge in [0.1, 0.15) is 5.75 Å². The zero-order chi connectivity index (χ0) is 14.3. The molecule has 2 N–H and O–H groups in total. The van der Waals surface area contributed by atoms with Crippen molar-refractivity contribution in [1.82, 2.24) is 14.6 Å². The standard InChI is InChI=1S/C14H13ClN4O/c1-8-5-9(7-19-13(8)17-14(16)18-19)11-6-10(15)3-4-12(11)20-2/h3-7H,1-2H3,(H2,16,18). The number of ether oxygens (including phenoxy) is 1. The van der Waals surface area contributed by atoms with Crippen molar-refractivity contribution in [3.63, 3.8) is 0 Å². The third kappa shape index (κ3) is 2.06. The first-order valence-corrected chi connectivity index (χ1v) is 6.42. The fraction of sp³-hybridized carbons (Fsp3) is 0.143. The molecule has 0 aliphatic rings. The Morgan fingerprint density at radius 2 is 2.10 bits per heavy atom. The molecule has 20 heavy (non-hydrogen) atoms. The summed E-state index contributed by atoms with van der Waals surface area (Å²) in [5.41, 5.74) is 9.21. The van der Waals surface area contributed by atoms with E-state index in [0.717, 1.165) is 28.1 Å². The molecule has 102 valence electrons. The first kappa shape index (κ1) is 12.7. The number of aromatic nitrogens is 3. The highest BCUT2D eigenvalue weighted by Crippen LogP contribution is 2.33. The maximum atomic E-state index is 6.08. The van der Waals surface area contributed by atoms with Crippen LogP contribution in [-0.4, -0.2) is 21.7 Å². The van der Waals surface area contributed by atoms with Gasteiger partial charge in [0.05, 0.1) is 7.11 Å². The van der Waals surface area contributed by atoms with E-state index < -0.39 is 0 Å². The second-order valence-electron chi connectivity index (χ2n) is 4.49. The lowest BCUT2D eigenvalue weighted by molar-refractivity contribution is 0.416. The predicted octanol–water partition coefficient (Wildman–Crippen LogP) is 2.95. The topological polar surface area (TPSA) is 65.4 Å². The van der Waals surface area contributed by atoms with E-state index >= 15 is 0 Å². The van der Waals surface area contributed by atoms with Crippen LogP contribution < -0.4 is 10.5 Å². The summed E-state index contributed by atoms with van der Waals surface area (Å²) in [6, 6.07) is 7.51. The average Bonchev–Trinajstić information content (AvgIpc) is 2.79. The molecule has 0 radical (unpaired) electrons. The summed E-state index contributed by atoms with van der Waals surface area (Å²) in [6.45, 7) is 1.96. The minimum absolute atomic E-state index is 0.253. The van der Waals surface area contributed by atoms with Gasteiger partial charge in [0.25, 0.3) is 0 Å². The van der Waals surface area contributed by atoms with Crippen molar-refractivity contribution in [2.24, 2.45) is 0 Å². The monoisotopic (exact) mass is 288 g/mol. The first-order chi connectivity index (χ1) is 9.58. The van der Waals surface area contributed by atoms with Crippen LogP contribution in [0.15, 0.2) is 30.5 Å². The van der Waals surface area contributed by atoms with Crippen LogP contribution in [0.1, 0.15) is 5.56 Å². The molecule has 6 heteroatoms. The molecule has 1 aromatic carbocycles. The van der Waals surface area contributed by atoms with Crippen LogP contribution in [-0.2, 0) is 0 Å². The van der Waals surface area contributed by atoms with Crippen molar-refractivity contribution in [3.05, 3.63) is 41.0 Å². The maximum Gasteiger partial charge on any atom is 0.240 e. The molecule has 3 rings (SSSR count). The van der Waals surface area contributed by atoms with Crippen molar-refractivity contribution >= 4 is 23.2 Å². The fourth-order valence-corrected chi connectivity index (χ4v) is 2.39. The zero-order valence-electron chi connectivity index (χ0n) is 11.1. The van der Waals surface area contributed by atoms with E-state index in [1.165, 1.54) is 0 Å². The third-order valence-electron chi connectivity index (χ3n) is 3.11.